The minimum absolute atomic E-state index is 0.389. The first-order valence-electron chi connectivity index (χ1n) is 4.05. The van der Waals surface area contributed by atoms with Crippen molar-refractivity contribution in [3.63, 3.8) is 0 Å². The Bertz CT molecular complexity index is 325. The van der Waals surface area contributed by atoms with Crippen LogP contribution in [0.15, 0.2) is 18.2 Å². The van der Waals surface area contributed by atoms with Gasteiger partial charge in [0.1, 0.15) is 7.85 Å². The summed E-state index contributed by atoms with van der Waals surface area (Å²) in [5.41, 5.74) is 1.51. The van der Waals surface area contributed by atoms with Crippen LogP contribution in [0.5, 0.6) is 0 Å². The molecule has 0 amide bonds. The number of carbonyl (C=O) groups is 1. The third-order valence-corrected chi connectivity index (χ3v) is 2.17. The van der Waals surface area contributed by atoms with Crippen molar-refractivity contribution in [1.82, 2.24) is 0 Å². The van der Waals surface area contributed by atoms with E-state index in [1.807, 2.05) is 13.9 Å². The van der Waals surface area contributed by atoms with Crippen molar-refractivity contribution in [3.8, 4) is 0 Å². The number of carbonyl (C=O) groups excluding carboxylic acids is 1. The molecule has 0 saturated heterocycles. The third-order valence-electron chi connectivity index (χ3n) is 1.84. The minimum Gasteiger partial charge on any atom is -0.465 e. The molecule has 0 saturated carbocycles. The summed E-state index contributed by atoms with van der Waals surface area (Å²) in [5.74, 6) is -0.389. The van der Waals surface area contributed by atoms with Crippen LogP contribution < -0.4 is 0 Å². The van der Waals surface area contributed by atoms with E-state index in [1.165, 1.54) is 7.11 Å². The summed E-state index contributed by atoms with van der Waals surface area (Å²) in [4.78, 5) is 11.2. The smallest absolute Gasteiger partial charge is 0.339 e. The first-order valence-corrected chi connectivity index (χ1v) is 4.43. The Morgan fingerprint density at radius 1 is 1.62 bits per heavy atom. The van der Waals surface area contributed by atoms with Gasteiger partial charge < -0.3 is 4.74 Å². The van der Waals surface area contributed by atoms with Crippen LogP contribution in [0.3, 0.4) is 0 Å². The second kappa shape index (κ2) is 4.33. The standard InChI is InChI=1S/C9H10BClO2/c1-13-9(12)7-4-6(5-10)2-3-8(7)11/h2-4H,5,10H2,1H3. The molecule has 0 radical (unpaired) electrons. The highest BCUT2D eigenvalue weighted by molar-refractivity contribution is 6.33. The zero-order valence-electron chi connectivity index (χ0n) is 7.63. The van der Waals surface area contributed by atoms with Crippen molar-refractivity contribution in [2.45, 2.75) is 6.32 Å². The second-order valence-electron chi connectivity index (χ2n) is 2.66. The van der Waals surface area contributed by atoms with E-state index >= 15 is 0 Å². The lowest BCUT2D eigenvalue weighted by atomic mass is 9.96. The molecule has 0 aliphatic heterocycles. The van der Waals surface area contributed by atoms with Crippen molar-refractivity contribution in [3.05, 3.63) is 34.3 Å². The maximum atomic E-state index is 11.2. The molecular formula is C9H10BClO2. The van der Waals surface area contributed by atoms with Crippen molar-refractivity contribution in [2.75, 3.05) is 7.11 Å². The van der Waals surface area contributed by atoms with Gasteiger partial charge in [-0.15, -0.1) is 0 Å². The molecule has 0 aromatic heterocycles. The van der Waals surface area contributed by atoms with Crippen LogP contribution in [-0.2, 0) is 11.1 Å². The Balaban J connectivity index is 3.11. The lowest BCUT2D eigenvalue weighted by molar-refractivity contribution is 0.0601. The van der Waals surface area contributed by atoms with E-state index < -0.39 is 0 Å². The van der Waals surface area contributed by atoms with E-state index in [2.05, 4.69) is 4.74 Å². The average Bonchev–Trinajstić information content (AvgIpc) is 2.17. The molecule has 2 nitrogen and oxygen atoms in total. The van der Waals surface area contributed by atoms with Crippen LogP contribution in [0.1, 0.15) is 15.9 Å². The van der Waals surface area contributed by atoms with Gasteiger partial charge in [0.05, 0.1) is 17.7 Å². The Kier molecular flexibility index (Phi) is 3.37. The Morgan fingerprint density at radius 3 is 2.85 bits per heavy atom. The van der Waals surface area contributed by atoms with Crippen molar-refractivity contribution in [2.24, 2.45) is 0 Å². The highest BCUT2D eigenvalue weighted by Gasteiger charge is 2.10. The molecule has 0 atom stereocenters. The van der Waals surface area contributed by atoms with Crippen LogP contribution >= 0.6 is 11.6 Å². The average molecular weight is 196 g/mol. The molecule has 4 heteroatoms. The van der Waals surface area contributed by atoms with E-state index in [0.29, 0.717) is 10.6 Å². The summed E-state index contributed by atoms with van der Waals surface area (Å²) >= 11 is 5.83. The number of esters is 1. The first kappa shape index (κ1) is 10.1. The van der Waals surface area contributed by atoms with Gasteiger partial charge in [-0.2, -0.15) is 0 Å². The third kappa shape index (κ3) is 2.25. The number of ether oxygens (including phenoxy) is 1. The number of hydrogen-bond donors (Lipinski definition) is 0. The molecule has 13 heavy (non-hydrogen) atoms. The molecule has 0 heterocycles. The van der Waals surface area contributed by atoms with Crippen LogP contribution in [0.2, 0.25) is 5.02 Å². The second-order valence-corrected chi connectivity index (χ2v) is 3.07. The highest BCUT2D eigenvalue weighted by atomic mass is 35.5. The lowest BCUT2D eigenvalue weighted by Crippen LogP contribution is -2.03. The monoisotopic (exact) mass is 196 g/mol. The van der Waals surface area contributed by atoms with Crippen LogP contribution in [-0.4, -0.2) is 20.9 Å². The predicted octanol–water partition coefficient (Wildman–Crippen LogP) is 1.26. The number of methoxy groups -OCH3 is 1. The molecule has 1 aromatic rings. The van der Waals surface area contributed by atoms with E-state index in [0.717, 1.165) is 11.9 Å². The summed E-state index contributed by atoms with van der Waals surface area (Å²) < 4.78 is 4.59. The normalized spacial score (nSPS) is 9.69. The Labute approximate surface area is 83.3 Å². The lowest BCUT2D eigenvalue weighted by Gasteiger charge is -2.03. The van der Waals surface area contributed by atoms with Gasteiger partial charge in [-0.1, -0.05) is 29.6 Å². The molecule has 0 aliphatic carbocycles. The summed E-state index contributed by atoms with van der Waals surface area (Å²) in [7, 11) is 3.36. The van der Waals surface area contributed by atoms with Crippen molar-refractivity contribution >= 4 is 25.4 Å². The minimum atomic E-state index is -0.389. The van der Waals surface area contributed by atoms with Gasteiger partial charge in [-0.05, 0) is 12.1 Å². The molecule has 0 bridgehead atoms. The maximum Gasteiger partial charge on any atom is 0.339 e. The van der Waals surface area contributed by atoms with Gasteiger partial charge >= 0.3 is 5.97 Å². The van der Waals surface area contributed by atoms with Crippen LogP contribution in [0.25, 0.3) is 0 Å². The maximum absolute atomic E-state index is 11.2. The first-order chi connectivity index (χ1) is 6.19. The topological polar surface area (TPSA) is 26.3 Å². The summed E-state index contributed by atoms with van der Waals surface area (Å²) in [6, 6.07) is 5.37. The Morgan fingerprint density at radius 2 is 2.31 bits per heavy atom. The van der Waals surface area contributed by atoms with E-state index in [1.54, 1.807) is 12.1 Å². The molecule has 0 fully saturated rings. The number of benzene rings is 1. The molecular weight excluding hydrogens is 186 g/mol. The van der Waals surface area contributed by atoms with Gasteiger partial charge in [0.25, 0.3) is 0 Å². The van der Waals surface area contributed by atoms with Crippen molar-refractivity contribution in [1.29, 1.82) is 0 Å². The number of halogens is 1. The summed E-state index contributed by atoms with van der Waals surface area (Å²) in [5, 5.41) is 0.434. The number of hydrogen-bond acceptors (Lipinski definition) is 2. The fourth-order valence-corrected chi connectivity index (χ4v) is 1.25. The SMILES string of the molecule is BCc1ccc(Cl)c(C(=O)OC)c1. The quantitative estimate of drug-likeness (QED) is 0.526. The molecule has 0 unspecified atom stereocenters. The zero-order chi connectivity index (χ0) is 9.84. The molecule has 68 valence electrons. The summed E-state index contributed by atoms with van der Waals surface area (Å²) in [6.07, 6.45) is 0.876. The number of rotatable bonds is 2. The van der Waals surface area contributed by atoms with E-state index in [-0.39, 0.29) is 5.97 Å². The fraction of sp³-hybridized carbons (Fsp3) is 0.222. The van der Waals surface area contributed by atoms with Crippen molar-refractivity contribution < 1.29 is 9.53 Å². The van der Waals surface area contributed by atoms with E-state index in [9.17, 15) is 4.79 Å². The molecule has 1 aromatic carbocycles. The van der Waals surface area contributed by atoms with Crippen LogP contribution in [0, 0.1) is 0 Å². The summed E-state index contributed by atoms with van der Waals surface area (Å²) in [6.45, 7) is 0. The van der Waals surface area contributed by atoms with Crippen LogP contribution in [0.4, 0.5) is 0 Å². The molecule has 0 N–H and O–H groups in total. The van der Waals surface area contributed by atoms with Gasteiger partial charge in [0.2, 0.25) is 0 Å². The van der Waals surface area contributed by atoms with Gasteiger partial charge in [0, 0.05) is 0 Å². The molecule has 1 rings (SSSR count). The molecule has 0 aliphatic rings. The molecule has 0 spiro atoms. The van der Waals surface area contributed by atoms with E-state index in [4.69, 9.17) is 11.6 Å². The zero-order valence-corrected chi connectivity index (χ0v) is 8.39. The predicted molar refractivity (Wildman–Crippen MR) is 55.0 cm³/mol. The Hall–Kier alpha value is -0.955. The largest absolute Gasteiger partial charge is 0.465 e. The fourth-order valence-electron chi connectivity index (χ4n) is 1.06. The highest BCUT2D eigenvalue weighted by Crippen LogP contribution is 2.18. The van der Waals surface area contributed by atoms with Gasteiger partial charge in [-0.25, -0.2) is 4.79 Å². The van der Waals surface area contributed by atoms with Gasteiger partial charge in [-0.3, -0.25) is 0 Å². The van der Waals surface area contributed by atoms with Gasteiger partial charge in [0.15, 0.2) is 0 Å².